The average Bonchev–Trinajstić information content (AvgIpc) is 3.22. The summed E-state index contributed by atoms with van der Waals surface area (Å²) >= 11 is 0. The Bertz CT molecular complexity index is 1260. The Morgan fingerprint density at radius 1 is 1.00 bits per heavy atom. The predicted octanol–water partition coefficient (Wildman–Crippen LogP) is 3.55. The van der Waals surface area contributed by atoms with Crippen LogP contribution in [0.3, 0.4) is 0 Å². The zero-order valence-corrected chi connectivity index (χ0v) is 16.4. The number of alkyl halides is 1. The number of para-hydroxylation sites is 1. The molecular weight excluding hydrogens is 381 g/mol. The van der Waals surface area contributed by atoms with Crippen molar-refractivity contribution in [3.8, 4) is 22.8 Å². The van der Waals surface area contributed by atoms with Crippen molar-refractivity contribution >= 4 is 5.69 Å². The van der Waals surface area contributed by atoms with Crippen LogP contribution < -0.4 is 10.3 Å². The Morgan fingerprint density at radius 2 is 1.80 bits per heavy atom. The minimum absolute atomic E-state index is 0.173. The van der Waals surface area contributed by atoms with Gasteiger partial charge in [0.2, 0.25) is 5.43 Å². The quantitative estimate of drug-likeness (QED) is 0.525. The van der Waals surface area contributed by atoms with Gasteiger partial charge < -0.3 is 4.90 Å². The summed E-state index contributed by atoms with van der Waals surface area (Å²) in [6.07, 6.45) is 2.58. The van der Waals surface area contributed by atoms with Crippen LogP contribution in [-0.4, -0.2) is 38.8 Å². The maximum Gasteiger partial charge on any atom is 0.209 e. The van der Waals surface area contributed by atoms with Gasteiger partial charge in [-0.25, -0.2) is 13.8 Å². The third kappa shape index (κ3) is 3.18. The molecule has 0 aliphatic carbocycles. The first-order valence-corrected chi connectivity index (χ1v) is 9.80. The molecule has 2 aromatic heterocycles. The lowest BCUT2D eigenvalue weighted by molar-refractivity contribution is 0.275. The van der Waals surface area contributed by atoms with E-state index in [9.17, 15) is 9.18 Å². The first-order valence-electron chi connectivity index (χ1n) is 9.80. The average molecular weight is 401 g/mol. The van der Waals surface area contributed by atoms with E-state index < -0.39 is 6.17 Å². The van der Waals surface area contributed by atoms with E-state index in [0.717, 1.165) is 22.6 Å². The molecule has 0 spiro atoms. The number of nitrogens with zero attached hydrogens (tertiary/aromatic N) is 5. The van der Waals surface area contributed by atoms with Crippen molar-refractivity contribution < 1.29 is 4.39 Å². The third-order valence-corrected chi connectivity index (χ3v) is 5.32. The molecule has 1 saturated heterocycles. The number of anilines is 1. The fraction of sp³-hybridized carbons (Fsp3) is 0.174. The van der Waals surface area contributed by atoms with Gasteiger partial charge in [-0.1, -0.05) is 18.2 Å². The van der Waals surface area contributed by atoms with E-state index in [0.29, 0.717) is 24.5 Å². The minimum Gasteiger partial charge on any atom is -0.366 e. The molecule has 0 radical (unpaired) electrons. The summed E-state index contributed by atoms with van der Waals surface area (Å²) in [7, 11) is 0. The van der Waals surface area contributed by atoms with Crippen LogP contribution in [0, 0.1) is 6.92 Å². The molecule has 2 aromatic carbocycles. The number of hydrogen-bond acceptors (Lipinski definition) is 4. The Hall–Kier alpha value is -3.74. The van der Waals surface area contributed by atoms with Gasteiger partial charge in [0.05, 0.1) is 36.4 Å². The number of aryl methyl sites for hydroxylation is 1. The summed E-state index contributed by atoms with van der Waals surface area (Å²) < 4.78 is 16.6. The first kappa shape index (κ1) is 18.3. The van der Waals surface area contributed by atoms with Crippen molar-refractivity contribution in [3.63, 3.8) is 0 Å². The molecule has 3 heterocycles. The molecule has 0 N–H and O–H groups in total. The maximum atomic E-state index is 13.2. The molecular formula is C23H20FN5O. The Kier molecular flexibility index (Phi) is 4.43. The van der Waals surface area contributed by atoms with Crippen molar-refractivity contribution in [2.75, 3.05) is 18.0 Å². The molecule has 150 valence electrons. The second-order valence-corrected chi connectivity index (χ2v) is 7.41. The summed E-state index contributed by atoms with van der Waals surface area (Å²) in [5.74, 6) is 0. The molecule has 0 bridgehead atoms. The van der Waals surface area contributed by atoms with Gasteiger partial charge in [-0.15, -0.1) is 0 Å². The molecule has 1 aliphatic heterocycles. The van der Waals surface area contributed by atoms with Crippen LogP contribution in [0.1, 0.15) is 5.56 Å². The zero-order chi connectivity index (χ0) is 20.7. The maximum absolute atomic E-state index is 13.2. The van der Waals surface area contributed by atoms with Crippen LogP contribution >= 0.6 is 0 Å². The number of hydrogen-bond donors (Lipinski definition) is 0. The summed E-state index contributed by atoms with van der Waals surface area (Å²) in [5.41, 5.74) is 4.49. The van der Waals surface area contributed by atoms with Gasteiger partial charge in [0.15, 0.2) is 5.69 Å². The smallest absolute Gasteiger partial charge is 0.209 e. The van der Waals surface area contributed by atoms with Gasteiger partial charge in [-0.3, -0.25) is 4.79 Å². The predicted molar refractivity (Wildman–Crippen MR) is 114 cm³/mol. The fourth-order valence-corrected chi connectivity index (χ4v) is 3.71. The van der Waals surface area contributed by atoms with Gasteiger partial charge in [-0.2, -0.15) is 10.2 Å². The Morgan fingerprint density at radius 3 is 2.53 bits per heavy atom. The van der Waals surface area contributed by atoms with E-state index in [2.05, 4.69) is 10.2 Å². The number of aromatic nitrogens is 4. The number of rotatable bonds is 4. The summed E-state index contributed by atoms with van der Waals surface area (Å²) in [6.45, 7) is 2.85. The van der Waals surface area contributed by atoms with Crippen molar-refractivity contribution in [2.45, 2.75) is 13.1 Å². The standard InChI is InChI=1S/C23H20FN5O/c1-16-13-19(27-14-17(24)15-27)7-8-20(16)28-12-10-22(30)23(26-28)21-9-11-25-29(21)18-5-3-2-4-6-18/h2-13,17H,14-15H2,1H3. The number of benzene rings is 2. The van der Waals surface area contributed by atoms with E-state index >= 15 is 0 Å². The minimum atomic E-state index is -0.748. The highest BCUT2D eigenvalue weighted by Crippen LogP contribution is 2.26. The van der Waals surface area contributed by atoms with Gasteiger partial charge >= 0.3 is 0 Å². The van der Waals surface area contributed by atoms with E-state index in [1.165, 1.54) is 6.07 Å². The highest BCUT2D eigenvalue weighted by Gasteiger charge is 2.26. The second kappa shape index (κ2) is 7.26. The van der Waals surface area contributed by atoms with Crippen LogP contribution in [0.4, 0.5) is 10.1 Å². The summed E-state index contributed by atoms with van der Waals surface area (Å²) in [6, 6.07) is 18.9. The zero-order valence-electron chi connectivity index (χ0n) is 16.4. The molecule has 4 aromatic rings. The lowest BCUT2D eigenvalue weighted by atomic mass is 10.1. The van der Waals surface area contributed by atoms with Gasteiger partial charge in [0.1, 0.15) is 6.17 Å². The second-order valence-electron chi connectivity index (χ2n) is 7.41. The monoisotopic (exact) mass is 401 g/mol. The highest BCUT2D eigenvalue weighted by atomic mass is 19.1. The molecule has 0 amide bonds. The van der Waals surface area contributed by atoms with Gasteiger partial charge in [-0.05, 0) is 48.9 Å². The summed E-state index contributed by atoms with van der Waals surface area (Å²) in [4.78, 5) is 14.6. The highest BCUT2D eigenvalue weighted by molar-refractivity contribution is 5.59. The first-order chi connectivity index (χ1) is 14.6. The van der Waals surface area contributed by atoms with Crippen LogP contribution in [0.2, 0.25) is 0 Å². The molecule has 7 heteroatoms. The van der Waals surface area contributed by atoms with Crippen molar-refractivity contribution in [1.29, 1.82) is 0 Å². The SMILES string of the molecule is Cc1cc(N2CC(F)C2)ccc1-n1ccc(=O)c(-c2ccnn2-c2ccccc2)n1. The molecule has 30 heavy (non-hydrogen) atoms. The third-order valence-electron chi connectivity index (χ3n) is 5.32. The molecule has 5 rings (SSSR count). The lowest BCUT2D eigenvalue weighted by Gasteiger charge is -2.36. The molecule has 6 nitrogen and oxygen atoms in total. The molecule has 0 atom stereocenters. The van der Waals surface area contributed by atoms with Crippen LogP contribution in [0.15, 0.2) is 77.9 Å². The normalized spacial score (nSPS) is 14.0. The van der Waals surface area contributed by atoms with Crippen LogP contribution in [-0.2, 0) is 0 Å². The van der Waals surface area contributed by atoms with E-state index in [4.69, 9.17) is 0 Å². The lowest BCUT2D eigenvalue weighted by Crippen LogP contribution is -2.48. The molecule has 1 aliphatic rings. The topological polar surface area (TPSA) is 56.0 Å². The van der Waals surface area contributed by atoms with Crippen molar-refractivity contribution in [1.82, 2.24) is 19.6 Å². The Labute approximate surface area is 172 Å². The van der Waals surface area contributed by atoms with Crippen molar-refractivity contribution in [2.24, 2.45) is 0 Å². The summed E-state index contributed by atoms with van der Waals surface area (Å²) in [5, 5.41) is 8.99. The number of halogens is 1. The van der Waals surface area contributed by atoms with E-state index in [1.54, 1.807) is 27.8 Å². The van der Waals surface area contributed by atoms with Gasteiger partial charge in [0, 0.05) is 18.0 Å². The van der Waals surface area contributed by atoms with E-state index in [-0.39, 0.29) is 5.43 Å². The fourth-order valence-electron chi connectivity index (χ4n) is 3.71. The van der Waals surface area contributed by atoms with Crippen LogP contribution in [0.25, 0.3) is 22.8 Å². The molecule has 0 saturated carbocycles. The van der Waals surface area contributed by atoms with Gasteiger partial charge in [0.25, 0.3) is 0 Å². The van der Waals surface area contributed by atoms with Crippen LogP contribution in [0.5, 0.6) is 0 Å². The van der Waals surface area contributed by atoms with E-state index in [1.807, 2.05) is 60.4 Å². The largest absolute Gasteiger partial charge is 0.366 e. The molecule has 0 unspecified atom stereocenters. The Balaban J connectivity index is 1.54. The molecule has 1 fully saturated rings. The van der Waals surface area contributed by atoms with Crippen molar-refractivity contribution in [3.05, 3.63) is 88.8 Å².